The van der Waals surface area contributed by atoms with E-state index in [-0.39, 0.29) is 36.6 Å². The molecule has 2 N–H and O–H groups in total. The zero-order chi connectivity index (χ0) is 27.6. The van der Waals surface area contributed by atoms with E-state index >= 15 is 0 Å². The van der Waals surface area contributed by atoms with Crippen LogP contribution in [0.4, 0.5) is 11.6 Å². The van der Waals surface area contributed by atoms with Gasteiger partial charge in [-0.15, -0.1) is 0 Å². The Labute approximate surface area is 231 Å². The minimum absolute atomic E-state index is 0.0669. The molecule has 6 rings (SSSR count). The van der Waals surface area contributed by atoms with Gasteiger partial charge in [0, 0.05) is 74.1 Å². The Hall–Kier alpha value is -4.67. The van der Waals surface area contributed by atoms with Crippen LogP contribution in [-0.2, 0) is 20.9 Å². The Kier molecular flexibility index (Phi) is 6.93. The Morgan fingerprint density at radius 1 is 0.975 bits per heavy atom. The number of anilines is 2. The van der Waals surface area contributed by atoms with Crippen LogP contribution in [0.2, 0.25) is 0 Å². The molecule has 2 fully saturated rings. The molecule has 0 saturated carbocycles. The summed E-state index contributed by atoms with van der Waals surface area (Å²) in [5, 5.41) is 5.28. The molecular weight excluding hydrogens is 510 g/mol. The number of imide groups is 1. The van der Waals surface area contributed by atoms with Crippen molar-refractivity contribution in [2.75, 3.05) is 23.3 Å². The molecule has 204 valence electrons. The Morgan fingerprint density at radius 3 is 2.45 bits per heavy atom. The van der Waals surface area contributed by atoms with Gasteiger partial charge in [-0.3, -0.25) is 29.5 Å². The fraction of sp³-hybridized carbons (Fsp3) is 0.345. The molecule has 40 heavy (non-hydrogen) atoms. The third-order valence-corrected chi connectivity index (χ3v) is 7.83. The van der Waals surface area contributed by atoms with Crippen LogP contribution >= 0.6 is 0 Å². The van der Waals surface area contributed by atoms with E-state index in [0.717, 1.165) is 42.6 Å². The maximum absolute atomic E-state index is 12.9. The van der Waals surface area contributed by atoms with Gasteiger partial charge in [-0.2, -0.15) is 0 Å². The van der Waals surface area contributed by atoms with E-state index in [9.17, 15) is 19.2 Å². The maximum atomic E-state index is 12.9. The number of carbonyl (C=O) groups excluding carboxylic acids is 4. The van der Waals surface area contributed by atoms with Crippen molar-refractivity contribution in [1.29, 1.82) is 0 Å². The van der Waals surface area contributed by atoms with Gasteiger partial charge in [-0.1, -0.05) is 0 Å². The first-order valence-corrected chi connectivity index (χ1v) is 13.5. The predicted octanol–water partition coefficient (Wildman–Crippen LogP) is 2.54. The predicted molar refractivity (Wildman–Crippen MR) is 146 cm³/mol. The monoisotopic (exact) mass is 539 g/mol. The van der Waals surface area contributed by atoms with Crippen LogP contribution in [0.3, 0.4) is 0 Å². The summed E-state index contributed by atoms with van der Waals surface area (Å²) in [6.07, 6.45) is 9.80. The molecule has 11 nitrogen and oxygen atoms in total. The normalized spacial score (nSPS) is 19.4. The Bertz CT molecular complexity index is 1450. The van der Waals surface area contributed by atoms with Gasteiger partial charge >= 0.3 is 0 Å². The Morgan fingerprint density at radius 2 is 1.73 bits per heavy atom. The molecule has 1 atom stereocenters. The second-order valence-electron chi connectivity index (χ2n) is 10.5. The van der Waals surface area contributed by atoms with Crippen molar-refractivity contribution in [1.82, 2.24) is 25.2 Å². The van der Waals surface area contributed by atoms with Crippen LogP contribution in [0.25, 0.3) is 11.1 Å². The number of nitrogens with zero attached hydrogens (tertiary/aromatic N) is 5. The molecule has 3 aliphatic heterocycles. The molecule has 0 aliphatic carbocycles. The van der Waals surface area contributed by atoms with E-state index in [4.69, 9.17) is 0 Å². The fourth-order valence-corrected chi connectivity index (χ4v) is 5.64. The molecule has 5 heterocycles. The highest BCUT2D eigenvalue weighted by molar-refractivity contribution is 6.05. The molecule has 2 saturated heterocycles. The van der Waals surface area contributed by atoms with Gasteiger partial charge in [0.2, 0.25) is 23.7 Å². The maximum Gasteiger partial charge on any atom is 0.255 e. The van der Waals surface area contributed by atoms with Crippen LogP contribution < -0.4 is 15.5 Å². The van der Waals surface area contributed by atoms with Crippen molar-refractivity contribution in [2.45, 2.75) is 44.7 Å². The number of hydrogen-bond acceptors (Lipinski definition) is 8. The highest BCUT2D eigenvalue weighted by Crippen LogP contribution is 2.30. The number of benzene rings is 1. The van der Waals surface area contributed by atoms with Gasteiger partial charge in [0.05, 0.1) is 0 Å². The first-order chi connectivity index (χ1) is 19.4. The molecule has 0 bridgehead atoms. The number of aromatic nitrogens is 3. The number of carbonyl (C=O) groups is 4. The van der Waals surface area contributed by atoms with E-state index in [1.54, 1.807) is 30.6 Å². The molecule has 1 aromatic carbocycles. The summed E-state index contributed by atoms with van der Waals surface area (Å²) in [5.74, 6) is -0.102. The first kappa shape index (κ1) is 25.6. The molecule has 0 radical (unpaired) electrons. The molecule has 3 aromatic rings. The van der Waals surface area contributed by atoms with Crippen molar-refractivity contribution in [3.63, 3.8) is 0 Å². The summed E-state index contributed by atoms with van der Waals surface area (Å²) in [7, 11) is 0. The number of nitrogens with one attached hydrogen (secondary N) is 2. The second-order valence-corrected chi connectivity index (χ2v) is 10.5. The third-order valence-electron chi connectivity index (χ3n) is 7.83. The lowest BCUT2D eigenvalue weighted by atomic mass is 9.93. The number of fused-ring (bicyclic) bond motifs is 1. The summed E-state index contributed by atoms with van der Waals surface area (Å²) in [6, 6.07) is 8.40. The van der Waals surface area contributed by atoms with Gasteiger partial charge in [-0.05, 0) is 66.6 Å². The molecule has 2 aromatic heterocycles. The highest BCUT2D eigenvalue weighted by Gasteiger charge is 2.39. The SMILES string of the molecule is O=C1CCC(N2Cc3cc(NC(=O)CC4CCN(c5ncc(-c6ccncc6)cn5)CC4)ccc3C2=O)C(=O)N1. The highest BCUT2D eigenvalue weighted by atomic mass is 16.2. The lowest BCUT2D eigenvalue weighted by Gasteiger charge is -2.31. The molecule has 1 unspecified atom stereocenters. The van der Waals surface area contributed by atoms with E-state index < -0.39 is 11.9 Å². The molecule has 3 aliphatic rings. The summed E-state index contributed by atoms with van der Waals surface area (Å²) in [6.45, 7) is 1.83. The van der Waals surface area contributed by atoms with E-state index in [2.05, 4.69) is 30.5 Å². The van der Waals surface area contributed by atoms with Crippen LogP contribution in [-0.4, -0.2) is 62.6 Å². The topological polar surface area (TPSA) is 137 Å². The smallest absolute Gasteiger partial charge is 0.255 e. The van der Waals surface area contributed by atoms with Gasteiger partial charge in [-0.25, -0.2) is 9.97 Å². The van der Waals surface area contributed by atoms with E-state index in [1.165, 1.54) is 4.90 Å². The number of rotatable bonds is 6. The lowest BCUT2D eigenvalue weighted by Crippen LogP contribution is -2.52. The summed E-state index contributed by atoms with van der Waals surface area (Å²) < 4.78 is 0. The molecule has 0 spiro atoms. The van der Waals surface area contributed by atoms with Gasteiger partial charge in [0.1, 0.15) is 6.04 Å². The number of amides is 4. The summed E-state index contributed by atoms with van der Waals surface area (Å²) in [4.78, 5) is 66.3. The molecule has 4 amide bonds. The Balaban J connectivity index is 1.00. The second kappa shape index (κ2) is 10.8. The van der Waals surface area contributed by atoms with Crippen LogP contribution in [0, 0.1) is 5.92 Å². The number of pyridine rings is 1. The van der Waals surface area contributed by atoms with E-state index in [0.29, 0.717) is 30.0 Å². The average molecular weight is 540 g/mol. The summed E-state index contributed by atoms with van der Waals surface area (Å²) >= 11 is 0. The van der Waals surface area contributed by atoms with Crippen molar-refractivity contribution < 1.29 is 19.2 Å². The fourth-order valence-electron chi connectivity index (χ4n) is 5.64. The average Bonchev–Trinajstić information content (AvgIpc) is 3.29. The standard InChI is InChI=1S/C29H29N7O4/c37-25-4-3-24(27(39)34-25)36-17-20-14-22(1-2-23(20)28(36)40)33-26(38)13-18-7-11-35(12-8-18)29-31-15-21(16-32-29)19-5-9-30-10-6-19/h1-2,5-6,9-10,14-16,18,24H,3-4,7-8,11-13,17H2,(H,33,38)(H,34,37,39). The van der Waals surface area contributed by atoms with Crippen molar-refractivity contribution >= 4 is 35.3 Å². The minimum Gasteiger partial charge on any atom is -0.341 e. The number of piperidine rings is 2. The molecule has 11 heteroatoms. The lowest BCUT2D eigenvalue weighted by molar-refractivity contribution is -0.137. The van der Waals surface area contributed by atoms with Crippen molar-refractivity contribution in [2.24, 2.45) is 5.92 Å². The quantitative estimate of drug-likeness (QED) is 0.456. The van der Waals surface area contributed by atoms with Crippen LogP contribution in [0.1, 0.15) is 48.0 Å². The first-order valence-electron chi connectivity index (χ1n) is 13.5. The third kappa shape index (κ3) is 5.27. The van der Waals surface area contributed by atoms with Crippen LogP contribution in [0.5, 0.6) is 0 Å². The zero-order valence-electron chi connectivity index (χ0n) is 21.9. The van der Waals surface area contributed by atoms with Gasteiger partial charge in [0.15, 0.2) is 0 Å². The van der Waals surface area contributed by atoms with Crippen molar-refractivity contribution in [3.8, 4) is 11.1 Å². The largest absolute Gasteiger partial charge is 0.341 e. The summed E-state index contributed by atoms with van der Waals surface area (Å²) in [5.41, 5.74) is 3.87. The van der Waals surface area contributed by atoms with Crippen LogP contribution in [0.15, 0.2) is 55.1 Å². The van der Waals surface area contributed by atoms with Crippen molar-refractivity contribution in [3.05, 3.63) is 66.2 Å². The molecular formula is C29H29N7O4. The van der Waals surface area contributed by atoms with Gasteiger partial charge < -0.3 is 15.1 Å². The van der Waals surface area contributed by atoms with E-state index in [1.807, 2.05) is 24.5 Å². The minimum atomic E-state index is -0.661. The zero-order valence-corrected chi connectivity index (χ0v) is 21.9. The van der Waals surface area contributed by atoms with Gasteiger partial charge in [0.25, 0.3) is 5.91 Å². The number of hydrogen-bond donors (Lipinski definition) is 2.